The Morgan fingerprint density at radius 2 is 2.07 bits per heavy atom. The maximum absolute atomic E-state index is 14.0. The number of hydrogen-bond donors (Lipinski definition) is 1. The number of unbranched alkanes of at least 4 members (excludes halogenated alkanes) is 1. The van der Waals surface area contributed by atoms with Crippen LogP contribution >= 0.6 is 0 Å². The molecule has 0 radical (unpaired) electrons. The van der Waals surface area contributed by atoms with Gasteiger partial charge in [0.1, 0.15) is 12.7 Å². The van der Waals surface area contributed by atoms with E-state index in [2.05, 4.69) is 11.8 Å². The average molecular weight is 583 g/mol. The molecule has 4 heterocycles. The minimum Gasteiger partial charge on any atom is -0.493 e. The molecule has 0 spiro atoms. The fourth-order valence-corrected chi connectivity index (χ4v) is 6.65. The lowest BCUT2D eigenvalue weighted by Gasteiger charge is -2.31. The minimum atomic E-state index is -0.862. The molecular weight excluding hydrogens is 538 g/mol. The van der Waals surface area contributed by atoms with Crippen molar-refractivity contribution in [3.8, 4) is 17.2 Å². The monoisotopic (exact) mass is 582 g/mol. The summed E-state index contributed by atoms with van der Waals surface area (Å²) in [7, 11) is 3.51. The number of likely N-dealkylation sites (tertiary alicyclic amines) is 1. The highest BCUT2D eigenvalue weighted by molar-refractivity contribution is 5.94. The van der Waals surface area contributed by atoms with Crippen LogP contribution in [0.3, 0.4) is 0 Å². The number of fused-ring (bicyclic) bond motifs is 1. The number of hydrogen-bond acceptors (Lipinski definition) is 7. The van der Waals surface area contributed by atoms with Gasteiger partial charge in [0.15, 0.2) is 23.9 Å². The number of anilines is 1. The van der Waals surface area contributed by atoms with Crippen molar-refractivity contribution in [2.75, 3.05) is 45.0 Å². The summed E-state index contributed by atoms with van der Waals surface area (Å²) in [6, 6.07) is 7.30. The normalized spacial score (nSPS) is 23.6. The largest absolute Gasteiger partial charge is 0.493 e. The number of methoxy groups -OCH3 is 1. The van der Waals surface area contributed by atoms with Gasteiger partial charge >= 0.3 is 5.97 Å². The Morgan fingerprint density at radius 1 is 1.21 bits per heavy atom. The summed E-state index contributed by atoms with van der Waals surface area (Å²) >= 11 is 0. The number of aromatic nitrogens is 1. The van der Waals surface area contributed by atoms with E-state index in [0.29, 0.717) is 36.8 Å². The van der Waals surface area contributed by atoms with Gasteiger partial charge in [-0.15, -0.1) is 0 Å². The van der Waals surface area contributed by atoms with Crippen molar-refractivity contribution >= 4 is 17.6 Å². The zero-order valence-corrected chi connectivity index (χ0v) is 25.0. The van der Waals surface area contributed by atoms with E-state index in [1.165, 1.54) is 0 Å². The zero-order chi connectivity index (χ0) is 29.6. The third kappa shape index (κ3) is 6.65. The van der Waals surface area contributed by atoms with Crippen molar-refractivity contribution in [2.45, 2.75) is 69.9 Å². The van der Waals surface area contributed by atoms with Crippen molar-refractivity contribution in [2.24, 2.45) is 13.0 Å². The molecule has 1 aromatic carbocycles. The van der Waals surface area contributed by atoms with Crippen LogP contribution in [0.15, 0.2) is 36.7 Å². The van der Waals surface area contributed by atoms with Gasteiger partial charge in [0.2, 0.25) is 18.4 Å². The lowest BCUT2D eigenvalue weighted by atomic mass is 9.83. The van der Waals surface area contributed by atoms with Crippen LogP contribution in [0.4, 0.5) is 5.69 Å². The van der Waals surface area contributed by atoms with Crippen LogP contribution in [0.25, 0.3) is 0 Å². The van der Waals surface area contributed by atoms with Crippen molar-refractivity contribution in [3.05, 3.63) is 42.2 Å². The van der Waals surface area contributed by atoms with Crippen LogP contribution in [-0.4, -0.2) is 74.2 Å². The maximum Gasteiger partial charge on any atom is 0.308 e. The van der Waals surface area contributed by atoms with E-state index in [-0.39, 0.29) is 37.3 Å². The van der Waals surface area contributed by atoms with Crippen LogP contribution in [0.5, 0.6) is 17.2 Å². The summed E-state index contributed by atoms with van der Waals surface area (Å²) in [5, 5.41) is 10.6. The first-order chi connectivity index (χ1) is 20.4. The molecule has 4 atom stereocenters. The molecule has 0 aliphatic carbocycles. The van der Waals surface area contributed by atoms with Gasteiger partial charge in [-0.05, 0) is 62.3 Å². The van der Waals surface area contributed by atoms with Gasteiger partial charge in [-0.3, -0.25) is 14.5 Å². The number of nitrogens with zero attached hydrogens (tertiary/aromatic N) is 3. The van der Waals surface area contributed by atoms with Crippen LogP contribution in [0.2, 0.25) is 0 Å². The predicted molar refractivity (Wildman–Crippen MR) is 156 cm³/mol. The summed E-state index contributed by atoms with van der Waals surface area (Å²) in [6.45, 7) is 4.14. The first kappa shape index (κ1) is 30.1. The molecule has 0 bridgehead atoms. The number of pyridine rings is 1. The summed E-state index contributed by atoms with van der Waals surface area (Å²) in [5.74, 6) is -0.335. The number of ether oxygens (including phenoxy) is 4. The number of aliphatic carboxylic acids is 1. The van der Waals surface area contributed by atoms with Crippen LogP contribution < -0.4 is 23.7 Å². The second kappa shape index (κ2) is 13.7. The predicted octanol–water partition coefficient (Wildman–Crippen LogP) is 3.90. The van der Waals surface area contributed by atoms with E-state index in [0.717, 1.165) is 56.4 Å². The molecule has 228 valence electrons. The second-order valence-corrected chi connectivity index (χ2v) is 11.6. The third-order valence-corrected chi connectivity index (χ3v) is 8.81. The van der Waals surface area contributed by atoms with E-state index in [4.69, 9.17) is 18.9 Å². The number of amides is 1. The third-order valence-electron chi connectivity index (χ3n) is 8.81. The first-order valence-electron chi connectivity index (χ1n) is 15.2. The number of carbonyl (C=O) groups is 2. The molecule has 2 fully saturated rings. The standard InChI is InChI=1S/C32H43N3O7/c1-4-5-14-35(23-9-8-13-33(2)18-23)29(36)20-34-19-25(22-16-27(39-3)31-28(17-22)41-21-42-31)30(32(37)38)26(34)12-11-24-10-6-7-15-40-24/h8-9,13,16-18,24-26,30H,4-7,10-12,14-15,19-21H2,1-3H3/p+1/t24?,25-,26+,30?/m1/s1. The Bertz CT molecular complexity index is 1250. The fourth-order valence-electron chi connectivity index (χ4n) is 6.65. The molecule has 5 rings (SSSR count). The molecule has 1 N–H and O–H groups in total. The molecule has 10 nitrogen and oxygen atoms in total. The Hall–Kier alpha value is -3.37. The van der Waals surface area contributed by atoms with Gasteiger partial charge < -0.3 is 29.0 Å². The number of benzene rings is 1. The quantitative estimate of drug-likeness (QED) is 0.376. The number of carboxylic acids is 1. The minimum absolute atomic E-state index is 0.0263. The number of carboxylic acid groups (broad SMARTS) is 1. The Labute approximate surface area is 248 Å². The lowest BCUT2D eigenvalue weighted by Crippen LogP contribution is -2.45. The van der Waals surface area contributed by atoms with Crippen LogP contribution in [0.1, 0.15) is 63.4 Å². The van der Waals surface area contributed by atoms with Crippen molar-refractivity contribution in [3.63, 3.8) is 0 Å². The van der Waals surface area contributed by atoms with Crippen LogP contribution in [0, 0.1) is 5.92 Å². The van der Waals surface area contributed by atoms with Crippen LogP contribution in [-0.2, 0) is 21.4 Å². The Balaban J connectivity index is 1.45. The van der Waals surface area contributed by atoms with Gasteiger partial charge in [0, 0.05) is 37.7 Å². The van der Waals surface area contributed by atoms with E-state index in [1.807, 2.05) is 53.2 Å². The molecule has 2 unspecified atom stereocenters. The highest BCUT2D eigenvalue weighted by atomic mass is 16.7. The SMILES string of the molecule is CCCCN(C(=O)CN1C[C@H](c2cc(OC)c3c(c2)OCO3)C(C(=O)O)[C@@H]1CCC1CCCCO1)c1ccc[n+](C)c1. The van der Waals surface area contributed by atoms with E-state index in [1.54, 1.807) is 7.11 Å². The van der Waals surface area contributed by atoms with Gasteiger partial charge in [0.05, 0.1) is 25.7 Å². The van der Waals surface area contributed by atoms with Gasteiger partial charge in [-0.25, -0.2) is 4.57 Å². The second-order valence-electron chi connectivity index (χ2n) is 11.6. The molecule has 3 aliphatic rings. The lowest BCUT2D eigenvalue weighted by molar-refractivity contribution is -0.670. The summed E-state index contributed by atoms with van der Waals surface area (Å²) in [4.78, 5) is 30.9. The van der Waals surface area contributed by atoms with Gasteiger partial charge in [-0.1, -0.05) is 13.3 Å². The molecule has 42 heavy (non-hydrogen) atoms. The van der Waals surface area contributed by atoms with E-state index in [9.17, 15) is 14.7 Å². The molecule has 0 saturated carbocycles. The highest BCUT2D eigenvalue weighted by Gasteiger charge is 2.48. The van der Waals surface area contributed by atoms with Crippen molar-refractivity contribution < 1.29 is 38.2 Å². The summed E-state index contributed by atoms with van der Waals surface area (Å²) in [6.07, 6.45) is 10.5. The molecule has 1 amide bonds. The number of carbonyl (C=O) groups excluding carboxylic acids is 1. The molecular formula is C32H44N3O7+. The molecule has 3 aliphatic heterocycles. The molecule has 2 saturated heterocycles. The summed E-state index contributed by atoms with van der Waals surface area (Å²) < 4.78 is 24.8. The molecule has 1 aromatic heterocycles. The van der Waals surface area contributed by atoms with E-state index >= 15 is 0 Å². The maximum atomic E-state index is 14.0. The fraction of sp³-hybridized carbons (Fsp3) is 0.594. The number of rotatable bonds is 12. The average Bonchev–Trinajstić information content (AvgIpc) is 3.61. The van der Waals surface area contributed by atoms with Gasteiger partial charge in [0.25, 0.3) is 0 Å². The summed E-state index contributed by atoms with van der Waals surface area (Å²) in [5.41, 5.74) is 1.66. The van der Waals surface area contributed by atoms with Crippen molar-refractivity contribution in [1.29, 1.82) is 0 Å². The van der Waals surface area contributed by atoms with Gasteiger partial charge in [-0.2, -0.15) is 0 Å². The number of aryl methyl sites for hydroxylation is 1. The molecule has 2 aromatic rings. The van der Waals surface area contributed by atoms with Crippen molar-refractivity contribution in [1.82, 2.24) is 4.90 Å². The Kier molecular flexibility index (Phi) is 9.84. The zero-order valence-electron chi connectivity index (χ0n) is 25.0. The van der Waals surface area contributed by atoms with E-state index < -0.39 is 11.9 Å². The topological polar surface area (TPSA) is 102 Å². The molecule has 10 heteroatoms. The first-order valence-corrected chi connectivity index (χ1v) is 15.2. The Morgan fingerprint density at radius 3 is 2.79 bits per heavy atom. The highest BCUT2D eigenvalue weighted by Crippen LogP contribution is 2.47. The smallest absolute Gasteiger partial charge is 0.308 e.